The van der Waals surface area contributed by atoms with Crippen LogP contribution < -0.4 is 4.90 Å². The zero-order valence-electron chi connectivity index (χ0n) is 14.7. The lowest BCUT2D eigenvalue weighted by Crippen LogP contribution is -2.38. The zero-order valence-corrected chi connectivity index (χ0v) is 15.5. The van der Waals surface area contributed by atoms with Crippen molar-refractivity contribution in [3.8, 4) is 0 Å². The summed E-state index contributed by atoms with van der Waals surface area (Å²) in [5, 5.41) is 9.36. The standard InChI is InChI=1S/C15H27N5O2S/c1-11(2)10-20-14(19-6-8-22-9-7-19)16-17-15(20)23-12(3)13(21)18(4)5/h11-12H,6-10H2,1-5H3. The average Bonchev–Trinajstić information content (AvgIpc) is 2.89. The Kier molecular flexibility index (Phi) is 6.29. The van der Waals surface area contributed by atoms with Crippen molar-refractivity contribution < 1.29 is 9.53 Å². The number of morpholine rings is 1. The number of rotatable bonds is 6. The lowest BCUT2D eigenvalue weighted by molar-refractivity contribution is -0.127. The van der Waals surface area contributed by atoms with Gasteiger partial charge in [0.1, 0.15) is 0 Å². The van der Waals surface area contributed by atoms with E-state index in [2.05, 4.69) is 33.5 Å². The topological polar surface area (TPSA) is 63.5 Å². The number of carbonyl (C=O) groups excluding carboxylic acids is 1. The van der Waals surface area contributed by atoms with Gasteiger partial charge in [0.05, 0.1) is 18.5 Å². The molecule has 8 heteroatoms. The van der Waals surface area contributed by atoms with Gasteiger partial charge >= 0.3 is 0 Å². The monoisotopic (exact) mass is 341 g/mol. The molecule has 1 amide bonds. The number of anilines is 1. The molecular formula is C15H27N5O2S. The minimum atomic E-state index is -0.183. The Morgan fingerprint density at radius 1 is 1.26 bits per heavy atom. The molecule has 7 nitrogen and oxygen atoms in total. The molecule has 0 saturated carbocycles. The predicted molar refractivity (Wildman–Crippen MR) is 91.9 cm³/mol. The molecule has 0 radical (unpaired) electrons. The van der Waals surface area contributed by atoms with Gasteiger partial charge in [0.25, 0.3) is 0 Å². The highest BCUT2D eigenvalue weighted by molar-refractivity contribution is 8.00. The van der Waals surface area contributed by atoms with Gasteiger partial charge in [-0.15, -0.1) is 10.2 Å². The van der Waals surface area contributed by atoms with E-state index in [-0.39, 0.29) is 11.2 Å². The Morgan fingerprint density at radius 3 is 2.48 bits per heavy atom. The van der Waals surface area contributed by atoms with Gasteiger partial charge in [-0.3, -0.25) is 9.36 Å². The number of ether oxygens (including phenoxy) is 1. The Labute approximate surface area is 142 Å². The fourth-order valence-corrected chi connectivity index (χ4v) is 3.46. The number of hydrogen-bond acceptors (Lipinski definition) is 6. The molecular weight excluding hydrogens is 314 g/mol. The molecule has 0 aliphatic carbocycles. The van der Waals surface area contributed by atoms with Crippen LogP contribution >= 0.6 is 11.8 Å². The van der Waals surface area contributed by atoms with Crippen LogP contribution in [0.25, 0.3) is 0 Å². The molecule has 1 aliphatic rings. The van der Waals surface area contributed by atoms with Gasteiger partial charge in [0.2, 0.25) is 11.9 Å². The summed E-state index contributed by atoms with van der Waals surface area (Å²) in [6.07, 6.45) is 0. The van der Waals surface area contributed by atoms with Gasteiger partial charge in [-0.05, 0) is 12.8 Å². The first-order chi connectivity index (χ1) is 10.9. The predicted octanol–water partition coefficient (Wildman–Crippen LogP) is 1.34. The van der Waals surface area contributed by atoms with Gasteiger partial charge < -0.3 is 14.5 Å². The first-order valence-corrected chi connectivity index (χ1v) is 8.91. The highest BCUT2D eigenvalue weighted by Crippen LogP contribution is 2.27. The Hall–Kier alpha value is -1.28. The molecule has 2 heterocycles. The number of nitrogens with zero attached hydrogens (tertiary/aromatic N) is 5. The van der Waals surface area contributed by atoms with E-state index in [0.717, 1.165) is 30.7 Å². The fraction of sp³-hybridized carbons (Fsp3) is 0.800. The van der Waals surface area contributed by atoms with Crippen LogP contribution in [0.1, 0.15) is 20.8 Å². The van der Waals surface area contributed by atoms with Crippen LogP contribution in [-0.2, 0) is 16.1 Å². The maximum absolute atomic E-state index is 12.1. The molecule has 2 rings (SSSR count). The molecule has 0 spiro atoms. The van der Waals surface area contributed by atoms with Crippen LogP contribution in [0.2, 0.25) is 0 Å². The summed E-state index contributed by atoms with van der Waals surface area (Å²) in [6.45, 7) is 10.2. The molecule has 1 aromatic heterocycles. The summed E-state index contributed by atoms with van der Waals surface area (Å²) < 4.78 is 7.56. The highest BCUT2D eigenvalue weighted by atomic mass is 32.2. The Bertz CT molecular complexity index is 526. The third kappa shape index (κ3) is 4.60. The Morgan fingerprint density at radius 2 is 1.91 bits per heavy atom. The van der Waals surface area contributed by atoms with Crippen LogP contribution in [-0.4, -0.2) is 71.2 Å². The van der Waals surface area contributed by atoms with Crippen molar-refractivity contribution >= 4 is 23.6 Å². The molecule has 1 atom stereocenters. The highest BCUT2D eigenvalue weighted by Gasteiger charge is 2.24. The number of thioether (sulfide) groups is 1. The van der Waals surface area contributed by atoms with Gasteiger partial charge in [-0.25, -0.2) is 0 Å². The van der Waals surface area contributed by atoms with Crippen molar-refractivity contribution in [1.29, 1.82) is 0 Å². The summed E-state index contributed by atoms with van der Waals surface area (Å²) in [4.78, 5) is 15.9. The molecule has 1 unspecified atom stereocenters. The summed E-state index contributed by atoms with van der Waals surface area (Å²) in [5.41, 5.74) is 0. The van der Waals surface area contributed by atoms with Crippen LogP contribution in [0, 0.1) is 5.92 Å². The van der Waals surface area contributed by atoms with Crippen molar-refractivity contribution in [3.63, 3.8) is 0 Å². The number of carbonyl (C=O) groups is 1. The van der Waals surface area contributed by atoms with E-state index in [9.17, 15) is 4.79 Å². The second-order valence-corrected chi connectivity index (χ2v) is 7.69. The minimum absolute atomic E-state index is 0.0852. The van der Waals surface area contributed by atoms with E-state index in [1.165, 1.54) is 11.8 Å². The van der Waals surface area contributed by atoms with Gasteiger partial charge in [-0.1, -0.05) is 25.6 Å². The largest absolute Gasteiger partial charge is 0.378 e. The van der Waals surface area contributed by atoms with E-state index in [0.29, 0.717) is 19.1 Å². The quantitative estimate of drug-likeness (QED) is 0.728. The molecule has 1 fully saturated rings. The van der Waals surface area contributed by atoms with Crippen LogP contribution in [0.4, 0.5) is 5.95 Å². The molecule has 0 N–H and O–H groups in total. The third-order valence-electron chi connectivity index (χ3n) is 3.61. The van der Waals surface area contributed by atoms with E-state index >= 15 is 0 Å². The molecule has 1 aliphatic heterocycles. The zero-order chi connectivity index (χ0) is 17.0. The molecule has 23 heavy (non-hydrogen) atoms. The van der Waals surface area contributed by atoms with Crippen LogP contribution in [0.15, 0.2) is 5.16 Å². The van der Waals surface area contributed by atoms with Crippen molar-refractivity contribution in [1.82, 2.24) is 19.7 Å². The summed E-state index contributed by atoms with van der Waals surface area (Å²) in [7, 11) is 3.55. The molecule has 1 saturated heterocycles. The minimum Gasteiger partial charge on any atom is -0.378 e. The van der Waals surface area contributed by atoms with Gasteiger partial charge in [0.15, 0.2) is 5.16 Å². The Balaban J connectivity index is 2.21. The van der Waals surface area contributed by atoms with Crippen molar-refractivity contribution in [2.75, 3.05) is 45.3 Å². The maximum Gasteiger partial charge on any atom is 0.235 e. The lowest BCUT2D eigenvalue weighted by Gasteiger charge is -2.28. The normalized spacial score (nSPS) is 16.7. The average molecular weight is 341 g/mol. The fourth-order valence-electron chi connectivity index (χ4n) is 2.46. The van der Waals surface area contributed by atoms with E-state index in [4.69, 9.17) is 4.74 Å². The first kappa shape index (κ1) is 18.1. The summed E-state index contributed by atoms with van der Waals surface area (Å²) in [6, 6.07) is 0. The van der Waals surface area contributed by atoms with Gasteiger partial charge in [0, 0.05) is 33.7 Å². The van der Waals surface area contributed by atoms with Crippen molar-refractivity contribution in [3.05, 3.63) is 0 Å². The van der Waals surface area contributed by atoms with E-state index in [1.54, 1.807) is 19.0 Å². The van der Waals surface area contributed by atoms with Crippen molar-refractivity contribution in [2.45, 2.75) is 37.7 Å². The number of aromatic nitrogens is 3. The number of amides is 1. The smallest absolute Gasteiger partial charge is 0.235 e. The molecule has 0 aromatic carbocycles. The molecule has 0 bridgehead atoms. The second kappa shape index (κ2) is 8.01. The number of hydrogen-bond donors (Lipinski definition) is 0. The van der Waals surface area contributed by atoms with Crippen LogP contribution in [0.3, 0.4) is 0 Å². The summed E-state index contributed by atoms with van der Waals surface area (Å²) >= 11 is 1.47. The van der Waals surface area contributed by atoms with Gasteiger partial charge in [-0.2, -0.15) is 0 Å². The SMILES string of the molecule is CC(C)Cn1c(SC(C)C(=O)N(C)C)nnc1N1CCOCC1. The molecule has 1 aromatic rings. The summed E-state index contributed by atoms with van der Waals surface area (Å²) in [5.74, 6) is 1.45. The second-order valence-electron chi connectivity index (χ2n) is 6.38. The lowest BCUT2D eigenvalue weighted by atomic mass is 10.2. The maximum atomic E-state index is 12.1. The van der Waals surface area contributed by atoms with Crippen molar-refractivity contribution in [2.24, 2.45) is 5.92 Å². The first-order valence-electron chi connectivity index (χ1n) is 8.04. The van der Waals surface area contributed by atoms with E-state index in [1.807, 2.05) is 6.92 Å². The van der Waals surface area contributed by atoms with E-state index < -0.39 is 0 Å². The van der Waals surface area contributed by atoms with Crippen LogP contribution in [0.5, 0.6) is 0 Å². The molecule has 130 valence electrons. The third-order valence-corrected chi connectivity index (χ3v) is 4.68.